The number of benzene rings is 1. The van der Waals surface area contributed by atoms with Gasteiger partial charge in [0.15, 0.2) is 5.13 Å². The minimum atomic E-state index is 0.466. The third-order valence-electron chi connectivity index (χ3n) is 7.79. The number of likely N-dealkylation sites (tertiary alicyclic amines) is 1. The summed E-state index contributed by atoms with van der Waals surface area (Å²) in [4.78, 5) is 20.0. The van der Waals surface area contributed by atoms with E-state index in [0.717, 1.165) is 79.3 Å². The SMILES string of the molecule is C=C(c1ccc2nc(N[C@H]3CC[C@H](Cc4ncc(SC)cn4)C3)sc2c1)N1CC(N2CCOCC2)C1. The van der Waals surface area contributed by atoms with Gasteiger partial charge in [-0.25, -0.2) is 15.0 Å². The maximum absolute atomic E-state index is 5.49. The normalized spacial score (nSPS) is 23.2. The second-order valence-corrected chi connectivity index (χ2v) is 12.0. The van der Waals surface area contributed by atoms with Crippen LogP contribution in [-0.4, -0.2) is 82.5 Å². The van der Waals surface area contributed by atoms with E-state index >= 15 is 0 Å². The van der Waals surface area contributed by atoms with Gasteiger partial charge in [-0.2, -0.15) is 0 Å². The third-order valence-corrected chi connectivity index (χ3v) is 9.42. The number of thiazole rings is 1. The van der Waals surface area contributed by atoms with Gasteiger partial charge in [0, 0.05) is 67.7 Å². The Morgan fingerprint density at radius 3 is 2.78 bits per heavy atom. The Morgan fingerprint density at radius 2 is 2.00 bits per heavy atom. The number of thioether (sulfide) groups is 1. The molecule has 0 unspecified atom stereocenters. The first-order valence-electron chi connectivity index (χ1n) is 12.9. The van der Waals surface area contributed by atoms with Gasteiger partial charge >= 0.3 is 0 Å². The van der Waals surface area contributed by atoms with Gasteiger partial charge in [0.25, 0.3) is 0 Å². The molecule has 3 aliphatic rings. The van der Waals surface area contributed by atoms with Crippen LogP contribution in [0.1, 0.15) is 30.7 Å². The summed E-state index contributed by atoms with van der Waals surface area (Å²) < 4.78 is 6.72. The Balaban J connectivity index is 1.03. The Hall–Kier alpha value is -2.20. The highest BCUT2D eigenvalue weighted by molar-refractivity contribution is 7.98. The first-order chi connectivity index (χ1) is 17.6. The molecule has 0 bridgehead atoms. The van der Waals surface area contributed by atoms with Gasteiger partial charge in [-0.3, -0.25) is 4.90 Å². The highest BCUT2D eigenvalue weighted by Gasteiger charge is 2.33. The molecule has 2 aliphatic heterocycles. The summed E-state index contributed by atoms with van der Waals surface area (Å²) in [6.45, 7) is 10.3. The molecule has 0 amide bonds. The van der Waals surface area contributed by atoms with Crippen molar-refractivity contribution in [2.45, 2.75) is 42.7 Å². The summed E-state index contributed by atoms with van der Waals surface area (Å²) in [5, 5.41) is 4.74. The lowest BCUT2D eigenvalue weighted by Gasteiger charge is -2.48. The number of nitrogens with one attached hydrogen (secondary N) is 1. The van der Waals surface area contributed by atoms with Gasteiger partial charge in [0.05, 0.1) is 23.4 Å². The number of nitrogens with zero attached hydrogens (tertiary/aromatic N) is 5. The molecule has 2 saturated heterocycles. The molecule has 3 fully saturated rings. The fourth-order valence-electron chi connectivity index (χ4n) is 5.58. The van der Waals surface area contributed by atoms with Crippen molar-refractivity contribution in [3.63, 3.8) is 0 Å². The van der Waals surface area contributed by atoms with Crippen LogP contribution in [0.4, 0.5) is 5.13 Å². The maximum atomic E-state index is 5.49. The molecule has 6 rings (SSSR count). The predicted octanol–water partition coefficient (Wildman–Crippen LogP) is 4.62. The highest BCUT2D eigenvalue weighted by atomic mass is 32.2. The Kier molecular flexibility index (Phi) is 7.15. The summed E-state index contributed by atoms with van der Waals surface area (Å²) >= 11 is 3.44. The van der Waals surface area contributed by atoms with Crippen LogP contribution in [0.3, 0.4) is 0 Å². The first-order valence-corrected chi connectivity index (χ1v) is 15.0. The molecule has 2 aromatic heterocycles. The molecule has 4 heterocycles. The van der Waals surface area contributed by atoms with Gasteiger partial charge < -0.3 is 15.0 Å². The molecule has 9 heteroatoms. The topological polar surface area (TPSA) is 66.4 Å². The number of fused-ring (bicyclic) bond motifs is 1. The Bertz CT molecular complexity index is 1200. The largest absolute Gasteiger partial charge is 0.379 e. The van der Waals surface area contributed by atoms with Gasteiger partial charge in [-0.1, -0.05) is 24.0 Å². The number of anilines is 1. The number of ether oxygens (including phenoxy) is 1. The number of aromatic nitrogens is 3. The van der Waals surface area contributed by atoms with E-state index in [2.05, 4.69) is 56.1 Å². The van der Waals surface area contributed by atoms with Crippen molar-refractivity contribution in [1.29, 1.82) is 0 Å². The minimum Gasteiger partial charge on any atom is -0.379 e. The fourth-order valence-corrected chi connectivity index (χ4v) is 6.87. The second kappa shape index (κ2) is 10.7. The summed E-state index contributed by atoms with van der Waals surface area (Å²) in [5.41, 5.74) is 3.38. The van der Waals surface area contributed by atoms with Gasteiger partial charge in [0.1, 0.15) is 5.82 Å². The van der Waals surface area contributed by atoms with Crippen LogP contribution in [0.5, 0.6) is 0 Å². The average Bonchev–Trinajstić information content (AvgIpc) is 3.49. The van der Waals surface area contributed by atoms with Crippen LogP contribution < -0.4 is 5.32 Å². The van der Waals surface area contributed by atoms with E-state index in [4.69, 9.17) is 9.72 Å². The molecular weight excluding hydrogens is 488 g/mol. The molecule has 7 nitrogen and oxygen atoms in total. The molecule has 1 N–H and O–H groups in total. The molecule has 1 saturated carbocycles. The summed E-state index contributed by atoms with van der Waals surface area (Å²) in [6.07, 6.45) is 10.4. The van der Waals surface area contributed by atoms with E-state index in [1.54, 1.807) is 23.1 Å². The lowest BCUT2D eigenvalue weighted by Crippen LogP contribution is -2.60. The average molecular weight is 523 g/mol. The lowest BCUT2D eigenvalue weighted by molar-refractivity contribution is -0.0167. The summed E-state index contributed by atoms with van der Waals surface area (Å²) in [6, 6.07) is 7.67. The molecule has 0 spiro atoms. The highest BCUT2D eigenvalue weighted by Crippen LogP contribution is 2.35. The van der Waals surface area contributed by atoms with Crippen LogP contribution in [0.15, 0.2) is 42.1 Å². The van der Waals surface area contributed by atoms with Crippen molar-refractivity contribution in [2.75, 3.05) is 51.0 Å². The monoisotopic (exact) mass is 522 g/mol. The van der Waals surface area contributed by atoms with E-state index in [0.29, 0.717) is 18.0 Å². The molecule has 3 aromatic rings. The van der Waals surface area contributed by atoms with Crippen LogP contribution in [0, 0.1) is 5.92 Å². The minimum absolute atomic E-state index is 0.466. The smallest absolute Gasteiger partial charge is 0.184 e. The van der Waals surface area contributed by atoms with Crippen molar-refractivity contribution >= 4 is 44.1 Å². The van der Waals surface area contributed by atoms with Gasteiger partial charge in [-0.05, 0) is 49.1 Å². The quantitative estimate of drug-likeness (QED) is 0.430. The van der Waals surface area contributed by atoms with Crippen molar-refractivity contribution in [3.05, 3.63) is 48.6 Å². The zero-order valence-electron chi connectivity index (χ0n) is 20.9. The zero-order chi connectivity index (χ0) is 24.5. The molecule has 190 valence electrons. The van der Waals surface area contributed by atoms with E-state index < -0.39 is 0 Å². The van der Waals surface area contributed by atoms with E-state index in [9.17, 15) is 0 Å². The first kappa shape index (κ1) is 24.2. The zero-order valence-corrected chi connectivity index (χ0v) is 22.5. The van der Waals surface area contributed by atoms with Crippen LogP contribution in [0.25, 0.3) is 15.9 Å². The predicted molar refractivity (Wildman–Crippen MR) is 149 cm³/mol. The van der Waals surface area contributed by atoms with Crippen molar-refractivity contribution in [1.82, 2.24) is 24.8 Å². The summed E-state index contributed by atoms with van der Waals surface area (Å²) in [5.74, 6) is 1.59. The molecule has 0 radical (unpaired) electrons. The summed E-state index contributed by atoms with van der Waals surface area (Å²) in [7, 11) is 0. The number of rotatable bonds is 8. The molecule has 1 aliphatic carbocycles. The molecular formula is C27H34N6OS2. The Morgan fingerprint density at radius 1 is 1.19 bits per heavy atom. The molecule has 1 aromatic carbocycles. The van der Waals surface area contributed by atoms with Gasteiger partial charge in [-0.15, -0.1) is 11.8 Å². The Labute approximate surface area is 221 Å². The van der Waals surface area contributed by atoms with Crippen LogP contribution >= 0.6 is 23.1 Å². The van der Waals surface area contributed by atoms with Crippen molar-refractivity contribution < 1.29 is 4.74 Å². The molecule has 36 heavy (non-hydrogen) atoms. The lowest BCUT2D eigenvalue weighted by atomic mass is 10.0. The van der Waals surface area contributed by atoms with Crippen molar-refractivity contribution in [3.8, 4) is 0 Å². The maximum Gasteiger partial charge on any atom is 0.184 e. The van der Waals surface area contributed by atoms with E-state index in [-0.39, 0.29) is 0 Å². The third kappa shape index (κ3) is 5.25. The second-order valence-electron chi connectivity index (χ2n) is 10.1. The van der Waals surface area contributed by atoms with Gasteiger partial charge in [0.2, 0.25) is 0 Å². The van der Waals surface area contributed by atoms with E-state index in [1.165, 1.54) is 23.1 Å². The van der Waals surface area contributed by atoms with Crippen molar-refractivity contribution in [2.24, 2.45) is 5.92 Å². The number of hydrogen-bond acceptors (Lipinski definition) is 9. The van der Waals surface area contributed by atoms with Crippen LogP contribution in [-0.2, 0) is 11.2 Å². The van der Waals surface area contributed by atoms with E-state index in [1.807, 2.05) is 12.4 Å². The molecule has 2 atom stereocenters. The standard InChI is InChI=1S/C27H34N6OS2/c1-18(33-16-22(17-33)32-7-9-34-10-8-32)20-4-6-24-25(13-20)36-27(31-24)30-21-5-3-19(11-21)12-26-28-14-23(35-2)15-29-26/h4,6,13-15,19,21-22H,1,3,5,7-12,16-17H2,2H3,(H,30,31)/t19-,21-/m0/s1. The fraction of sp³-hybridized carbons (Fsp3) is 0.519. The number of hydrogen-bond donors (Lipinski definition) is 1. The number of morpholine rings is 1. The van der Waals surface area contributed by atoms with Crippen LogP contribution in [0.2, 0.25) is 0 Å².